The monoisotopic (exact) mass is 265 g/mol. The zero-order valence-corrected chi connectivity index (χ0v) is 11.3. The van der Waals surface area contributed by atoms with Crippen molar-refractivity contribution in [1.82, 2.24) is 9.55 Å². The van der Waals surface area contributed by atoms with Crippen LogP contribution in [0.15, 0.2) is 17.2 Å². The van der Waals surface area contributed by atoms with Crippen LogP contribution in [0.5, 0.6) is 0 Å². The van der Waals surface area contributed by atoms with Gasteiger partial charge in [0.2, 0.25) is 0 Å². The number of hydrogen-bond acceptors (Lipinski definition) is 5. The number of carbonyl (C=O) groups is 1. The molecule has 1 aromatic heterocycles. The van der Waals surface area contributed by atoms with Gasteiger partial charge in [0.15, 0.2) is 5.82 Å². The summed E-state index contributed by atoms with van der Waals surface area (Å²) >= 11 is 0. The van der Waals surface area contributed by atoms with E-state index in [1.807, 2.05) is 6.92 Å². The number of methoxy groups -OCH3 is 1. The van der Waals surface area contributed by atoms with Gasteiger partial charge in [0.25, 0.3) is 5.56 Å². The summed E-state index contributed by atoms with van der Waals surface area (Å²) in [5.41, 5.74) is -0.119. The van der Waals surface area contributed by atoms with E-state index in [1.165, 1.54) is 7.11 Å². The lowest BCUT2D eigenvalue weighted by Crippen LogP contribution is -2.28. The van der Waals surface area contributed by atoms with Crippen LogP contribution in [0.2, 0.25) is 0 Å². The van der Waals surface area contributed by atoms with Gasteiger partial charge in [-0.3, -0.25) is 9.59 Å². The summed E-state index contributed by atoms with van der Waals surface area (Å²) in [5, 5.41) is 3.14. The number of rotatable bonds is 4. The molecular weight excluding hydrogens is 246 g/mol. The molecule has 0 radical (unpaired) electrons. The van der Waals surface area contributed by atoms with E-state index in [-0.39, 0.29) is 23.5 Å². The van der Waals surface area contributed by atoms with Crippen LogP contribution < -0.4 is 10.9 Å². The molecule has 1 saturated carbocycles. The zero-order chi connectivity index (χ0) is 13.8. The van der Waals surface area contributed by atoms with Gasteiger partial charge in [-0.1, -0.05) is 0 Å². The van der Waals surface area contributed by atoms with Crippen molar-refractivity contribution in [1.29, 1.82) is 0 Å². The maximum Gasteiger partial charge on any atom is 0.308 e. The molecule has 0 saturated heterocycles. The highest BCUT2D eigenvalue weighted by molar-refractivity contribution is 5.72. The molecule has 1 aliphatic carbocycles. The Kier molecular flexibility index (Phi) is 4.19. The summed E-state index contributed by atoms with van der Waals surface area (Å²) in [6.45, 7) is 2.53. The first-order valence-electron chi connectivity index (χ1n) is 6.55. The Labute approximate surface area is 111 Å². The van der Waals surface area contributed by atoms with E-state index >= 15 is 0 Å². The molecule has 2 rings (SSSR count). The van der Waals surface area contributed by atoms with E-state index in [0.29, 0.717) is 18.8 Å². The van der Waals surface area contributed by atoms with Gasteiger partial charge in [0.05, 0.1) is 13.0 Å². The van der Waals surface area contributed by atoms with Crippen LogP contribution in [-0.4, -0.2) is 28.7 Å². The van der Waals surface area contributed by atoms with Crippen molar-refractivity contribution in [3.8, 4) is 0 Å². The van der Waals surface area contributed by atoms with Crippen molar-refractivity contribution >= 4 is 11.8 Å². The Morgan fingerprint density at radius 3 is 3.05 bits per heavy atom. The number of aryl methyl sites for hydroxylation is 1. The van der Waals surface area contributed by atoms with Crippen LogP contribution in [0.4, 0.5) is 5.82 Å². The summed E-state index contributed by atoms with van der Waals surface area (Å²) in [7, 11) is 1.40. The van der Waals surface area contributed by atoms with Crippen molar-refractivity contribution in [2.45, 2.75) is 38.8 Å². The van der Waals surface area contributed by atoms with Crippen molar-refractivity contribution in [2.75, 3.05) is 12.4 Å². The molecule has 2 atom stereocenters. The molecule has 1 heterocycles. The minimum absolute atomic E-state index is 0.0698. The second-order valence-electron chi connectivity index (χ2n) is 4.74. The highest BCUT2D eigenvalue weighted by Crippen LogP contribution is 2.27. The van der Waals surface area contributed by atoms with Crippen molar-refractivity contribution in [3.63, 3.8) is 0 Å². The van der Waals surface area contributed by atoms with Crippen molar-refractivity contribution in [3.05, 3.63) is 22.7 Å². The van der Waals surface area contributed by atoms with Crippen molar-refractivity contribution < 1.29 is 9.53 Å². The molecule has 0 bridgehead atoms. The number of anilines is 1. The second kappa shape index (κ2) is 5.86. The molecule has 0 unspecified atom stereocenters. The fourth-order valence-electron chi connectivity index (χ4n) is 2.48. The van der Waals surface area contributed by atoms with Gasteiger partial charge in [-0.05, 0) is 26.2 Å². The Hall–Kier alpha value is -1.85. The first kappa shape index (κ1) is 13.6. The van der Waals surface area contributed by atoms with Gasteiger partial charge in [-0.25, -0.2) is 4.98 Å². The summed E-state index contributed by atoms with van der Waals surface area (Å²) in [4.78, 5) is 27.5. The first-order valence-corrected chi connectivity index (χ1v) is 6.55. The van der Waals surface area contributed by atoms with E-state index in [9.17, 15) is 9.59 Å². The van der Waals surface area contributed by atoms with Gasteiger partial charge in [0, 0.05) is 25.0 Å². The standard InChI is InChI=1S/C13H19N3O3/c1-3-16-7-6-14-11(12(16)17)15-10-5-4-9(8-10)13(18)19-2/h6-7,9-10H,3-5,8H2,1-2H3,(H,14,15)/t9-,10+/m0/s1. The van der Waals surface area contributed by atoms with Crippen molar-refractivity contribution in [2.24, 2.45) is 5.92 Å². The normalized spacial score (nSPS) is 22.2. The molecule has 1 fully saturated rings. The SMILES string of the molecule is CCn1ccnc(N[C@@H]2CC[C@H](C(=O)OC)C2)c1=O. The third kappa shape index (κ3) is 2.94. The Balaban J connectivity index is 2.03. The Bertz CT molecular complexity index is 512. The smallest absolute Gasteiger partial charge is 0.308 e. The van der Waals surface area contributed by atoms with Gasteiger partial charge in [0.1, 0.15) is 0 Å². The molecule has 0 spiro atoms. The predicted octanol–water partition coefficient (Wildman–Crippen LogP) is 1.02. The molecule has 0 amide bonds. The molecule has 6 heteroatoms. The minimum Gasteiger partial charge on any atom is -0.469 e. The molecule has 0 aliphatic heterocycles. The molecule has 19 heavy (non-hydrogen) atoms. The number of esters is 1. The summed E-state index contributed by atoms with van der Waals surface area (Å²) < 4.78 is 6.34. The zero-order valence-electron chi connectivity index (χ0n) is 11.3. The Morgan fingerprint density at radius 2 is 2.37 bits per heavy atom. The van der Waals surface area contributed by atoms with E-state index < -0.39 is 0 Å². The molecular formula is C13H19N3O3. The first-order chi connectivity index (χ1) is 9.15. The fraction of sp³-hybridized carbons (Fsp3) is 0.615. The number of nitrogens with zero attached hydrogens (tertiary/aromatic N) is 2. The lowest BCUT2D eigenvalue weighted by molar-refractivity contribution is -0.145. The molecule has 1 N–H and O–H groups in total. The number of carbonyl (C=O) groups excluding carboxylic acids is 1. The molecule has 1 aliphatic rings. The van der Waals surface area contributed by atoms with E-state index in [2.05, 4.69) is 10.3 Å². The maximum atomic E-state index is 12.0. The molecule has 0 aromatic carbocycles. The second-order valence-corrected chi connectivity index (χ2v) is 4.74. The average molecular weight is 265 g/mol. The third-order valence-corrected chi connectivity index (χ3v) is 3.56. The Morgan fingerprint density at radius 1 is 1.58 bits per heavy atom. The van der Waals surface area contributed by atoms with Crippen LogP contribution in [0.25, 0.3) is 0 Å². The largest absolute Gasteiger partial charge is 0.469 e. The number of nitrogens with one attached hydrogen (secondary N) is 1. The quantitative estimate of drug-likeness (QED) is 0.823. The number of hydrogen-bond donors (Lipinski definition) is 1. The summed E-state index contributed by atoms with van der Waals surface area (Å²) in [6, 6.07) is 0.108. The van der Waals surface area contributed by atoms with Crippen LogP contribution >= 0.6 is 0 Å². The minimum atomic E-state index is -0.170. The number of ether oxygens (including phenoxy) is 1. The van der Waals surface area contributed by atoms with Crippen LogP contribution in [0.3, 0.4) is 0 Å². The highest BCUT2D eigenvalue weighted by atomic mass is 16.5. The van der Waals surface area contributed by atoms with Crippen LogP contribution in [0, 0.1) is 5.92 Å². The maximum absolute atomic E-state index is 12.0. The van der Waals surface area contributed by atoms with Crippen LogP contribution in [-0.2, 0) is 16.1 Å². The molecule has 1 aromatic rings. The lowest BCUT2D eigenvalue weighted by Gasteiger charge is -2.13. The molecule has 104 valence electrons. The van der Waals surface area contributed by atoms with E-state index in [4.69, 9.17) is 4.74 Å². The number of aromatic nitrogens is 2. The fourth-order valence-corrected chi connectivity index (χ4v) is 2.48. The van der Waals surface area contributed by atoms with E-state index in [0.717, 1.165) is 12.8 Å². The van der Waals surface area contributed by atoms with Crippen LogP contribution in [0.1, 0.15) is 26.2 Å². The molecule has 6 nitrogen and oxygen atoms in total. The topological polar surface area (TPSA) is 73.2 Å². The van der Waals surface area contributed by atoms with Gasteiger partial charge in [-0.15, -0.1) is 0 Å². The van der Waals surface area contributed by atoms with Gasteiger partial charge >= 0.3 is 5.97 Å². The predicted molar refractivity (Wildman–Crippen MR) is 70.9 cm³/mol. The summed E-state index contributed by atoms with van der Waals surface area (Å²) in [5.74, 6) is 0.121. The van der Waals surface area contributed by atoms with E-state index in [1.54, 1.807) is 17.0 Å². The average Bonchev–Trinajstić information content (AvgIpc) is 2.89. The lowest BCUT2D eigenvalue weighted by atomic mass is 10.1. The highest BCUT2D eigenvalue weighted by Gasteiger charge is 2.31. The third-order valence-electron chi connectivity index (χ3n) is 3.56. The van der Waals surface area contributed by atoms with Gasteiger partial charge < -0.3 is 14.6 Å². The summed E-state index contributed by atoms with van der Waals surface area (Å²) in [6.07, 6.45) is 5.61. The van der Waals surface area contributed by atoms with Gasteiger partial charge in [-0.2, -0.15) is 0 Å².